The van der Waals surface area contributed by atoms with Crippen LogP contribution in [0.3, 0.4) is 0 Å². The van der Waals surface area contributed by atoms with Crippen LogP contribution in [0.1, 0.15) is 78.1 Å². The molecule has 0 aromatic rings. The molecule has 0 aromatic heterocycles. The molecule has 0 amide bonds. The summed E-state index contributed by atoms with van der Waals surface area (Å²) >= 11 is 0. The lowest BCUT2D eigenvalue weighted by atomic mass is 10.1. The Morgan fingerprint density at radius 1 is 0.833 bits per heavy atom. The average molecular weight is 256 g/mol. The van der Waals surface area contributed by atoms with E-state index >= 15 is 0 Å². The molecule has 0 radical (unpaired) electrons. The summed E-state index contributed by atoms with van der Waals surface area (Å²) in [5.41, 5.74) is 0. The van der Waals surface area contributed by atoms with Crippen molar-refractivity contribution in [3.05, 3.63) is 0 Å². The highest BCUT2D eigenvalue weighted by molar-refractivity contribution is 5.77. The van der Waals surface area contributed by atoms with Crippen LogP contribution >= 0.6 is 0 Å². The van der Waals surface area contributed by atoms with Crippen LogP contribution < -0.4 is 0 Å². The predicted molar refractivity (Wildman–Crippen MR) is 73.5 cm³/mol. The monoisotopic (exact) mass is 256 g/mol. The first kappa shape index (κ1) is 17.1. The average Bonchev–Trinajstić information content (AvgIpc) is 2.38. The molecule has 0 aromatic carbocycles. The number of rotatable bonds is 12. The molecule has 0 atom stereocenters. The molecule has 18 heavy (non-hydrogen) atoms. The highest BCUT2D eigenvalue weighted by Crippen LogP contribution is 2.07. The Balaban J connectivity index is 3.22. The summed E-state index contributed by atoms with van der Waals surface area (Å²) in [4.78, 5) is 22.4. The van der Waals surface area contributed by atoms with Gasteiger partial charge >= 0.3 is 5.97 Å². The summed E-state index contributed by atoms with van der Waals surface area (Å²) in [5.74, 6) is 0.265. The van der Waals surface area contributed by atoms with Gasteiger partial charge in [0.1, 0.15) is 5.78 Å². The van der Waals surface area contributed by atoms with Crippen molar-refractivity contribution in [3.63, 3.8) is 0 Å². The zero-order valence-electron chi connectivity index (χ0n) is 12.0. The Hall–Kier alpha value is -0.860. The fraction of sp³-hybridized carbons (Fsp3) is 0.867. The van der Waals surface area contributed by atoms with Gasteiger partial charge in [0.2, 0.25) is 0 Å². The molecule has 0 saturated heterocycles. The largest absolute Gasteiger partial charge is 0.466 e. The maximum absolute atomic E-state index is 11.3. The topological polar surface area (TPSA) is 43.4 Å². The molecule has 0 rings (SSSR count). The summed E-state index contributed by atoms with van der Waals surface area (Å²) in [6.07, 6.45) is 8.99. The molecule has 0 aliphatic heterocycles. The van der Waals surface area contributed by atoms with Gasteiger partial charge in [0.15, 0.2) is 0 Å². The van der Waals surface area contributed by atoms with E-state index < -0.39 is 0 Å². The lowest BCUT2D eigenvalue weighted by Gasteiger charge is -2.04. The highest BCUT2D eigenvalue weighted by Gasteiger charge is 2.02. The highest BCUT2D eigenvalue weighted by atomic mass is 16.5. The van der Waals surface area contributed by atoms with Crippen molar-refractivity contribution in [1.29, 1.82) is 0 Å². The van der Waals surface area contributed by atoms with Gasteiger partial charge in [-0.2, -0.15) is 0 Å². The first-order valence-corrected chi connectivity index (χ1v) is 7.38. The van der Waals surface area contributed by atoms with E-state index in [1.54, 1.807) is 0 Å². The van der Waals surface area contributed by atoms with Crippen LogP contribution in [0.15, 0.2) is 0 Å². The second-order valence-electron chi connectivity index (χ2n) is 4.73. The fourth-order valence-electron chi connectivity index (χ4n) is 1.73. The molecule has 0 saturated carbocycles. The van der Waals surface area contributed by atoms with Crippen LogP contribution in [0.5, 0.6) is 0 Å². The van der Waals surface area contributed by atoms with Crippen LogP contribution in [-0.2, 0) is 14.3 Å². The van der Waals surface area contributed by atoms with Crippen LogP contribution in [0.2, 0.25) is 0 Å². The number of ketones is 1. The van der Waals surface area contributed by atoms with Gasteiger partial charge in [0.25, 0.3) is 0 Å². The molecule has 3 nitrogen and oxygen atoms in total. The van der Waals surface area contributed by atoms with E-state index in [-0.39, 0.29) is 5.97 Å². The van der Waals surface area contributed by atoms with Gasteiger partial charge in [-0.05, 0) is 19.3 Å². The molecule has 3 heteroatoms. The number of carbonyl (C=O) groups is 2. The second kappa shape index (κ2) is 12.6. The van der Waals surface area contributed by atoms with Crippen molar-refractivity contribution in [3.8, 4) is 0 Å². The molecule has 106 valence electrons. The lowest BCUT2D eigenvalue weighted by molar-refractivity contribution is -0.143. The maximum Gasteiger partial charge on any atom is 0.305 e. The van der Waals surface area contributed by atoms with E-state index in [1.165, 1.54) is 0 Å². The van der Waals surface area contributed by atoms with Crippen molar-refractivity contribution in [2.24, 2.45) is 0 Å². The van der Waals surface area contributed by atoms with E-state index in [1.807, 2.05) is 6.92 Å². The van der Waals surface area contributed by atoms with Crippen molar-refractivity contribution in [2.75, 3.05) is 6.61 Å². The smallest absolute Gasteiger partial charge is 0.305 e. The minimum absolute atomic E-state index is 0.0734. The minimum atomic E-state index is -0.0734. The Labute approximate surface area is 111 Å². The Morgan fingerprint density at radius 2 is 1.50 bits per heavy atom. The molecule has 0 unspecified atom stereocenters. The van der Waals surface area contributed by atoms with Gasteiger partial charge in [-0.3, -0.25) is 9.59 Å². The molecule has 0 N–H and O–H groups in total. The third kappa shape index (κ3) is 11.6. The van der Waals surface area contributed by atoms with Gasteiger partial charge in [0, 0.05) is 19.3 Å². The van der Waals surface area contributed by atoms with Crippen molar-refractivity contribution >= 4 is 11.8 Å². The fourth-order valence-corrected chi connectivity index (χ4v) is 1.73. The second-order valence-corrected chi connectivity index (χ2v) is 4.73. The number of carbonyl (C=O) groups excluding carboxylic acids is 2. The van der Waals surface area contributed by atoms with E-state index in [2.05, 4.69) is 6.92 Å². The molecular weight excluding hydrogens is 228 g/mol. The third-order valence-corrected chi connectivity index (χ3v) is 2.99. The lowest BCUT2D eigenvalue weighted by Crippen LogP contribution is -2.05. The molecule has 0 heterocycles. The summed E-state index contributed by atoms with van der Waals surface area (Å²) < 4.78 is 5.11. The molecule has 0 aliphatic carbocycles. The maximum atomic E-state index is 11.3. The SMILES string of the molecule is CCCCCOC(=O)CCCCCCC(=O)CC. The number of hydrogen-bond donors (Lipinski definition) is 0. The Bertz CT molecular complexity index is 224. The van der Waals surface area contributed by atoms with Crippen LogP contribution in [0.4, 0.5) is 0 Å². The first-order chi connectivity index (χ1) is 8.70. The van der Waals surface area contributed by atoms with Crippen molar-refractivity contribution < 1.29 is 14.3 Å². The number of Topliss-reactive ketones (excluding diaryl/α,β-unsaturated/α-hetero) is 1. The number of ether oxygens (including phenoxy) is 1. The van der Waals surface area contributed by atoms with E-state index in [4.69, 9.17) is 4.74 Å². The molecular formula is C15H28O3. The van der Waals surface area contributed by atoms with Gasteiger partial charge in [-0.1, -0.05) is 39.5 Å². The van der Waals surface area contributed by atoms with Gasteiger partial charge in [0.05, 0.1) is 6.61 Å². The summed E-state index contributed by atoms with van der Waals surface area (Å²) in [7, 11) is 0. The normalized spacial score (nSPS) is 10.3. The quantitative estimate of drug-likeness (QED) is 0.391. The van der Waals surface area contributed by atoms with Gasteiger partial charge in [-0.25, -0.2) is 0 Å². The number of esters is 1. The standard InChI is InChI=1S/C15H28O3/c1-3-5-10-13-18-15(17)12-9-7-6-8-11-14(16)4-2/h3-13H2,1-2H3. The zero-order chi connectivity index (χ0) is 13.6. The first-order valence-electron chi connectivity index (χ1n) is 7.38. The number of unbranched alkanes of at least 4 members (excludes halogenated alkanes) is 5. The molecule has 0 aliphatic rings. The Morgan fingerprint density at radius 3 is 2.11 bits per heavy atom. The van der Waals surface area contributed by atoms with Crippen LogP contribution in [0.25, 0.3) is 0 Å². The predicted octanol–water partition coefficient (Wildman–Crippen LogP) is 4.04. The third-order valence-electron chi connectivity index (χ3n) is 2.99. The van der Waals surface area contributed by atoms with Crippen LogP contribution in [0, 0.1) is 0 Å². The zero-order valence-corrected chi connectivity index (χ0v) is 12.0. The summed E-state index contributed by atoms with van der Waals surface area (Å²) in [6, 6.07) is 0. The van der Waals surface area contributed by atoms with Crippen molar-refractivity contribution in [2.45, 2.75) is 78.1 Å². The summed E-state index contributed by atoms with van der Waals surface area (Å²) in [6.45, 7) is 4.60. The molecule has 0 bridgehead atoms. The van der Waals surface area contributed by atoms with E-state index in [9.17, 15) is 9.59 Å². The number of hydrogen-bond acceptors (Lipinski definition) is 3. The van der Waals surface area contributed by atoms with Crippen molar-refractivity contribution in [1.82, 2.24) is 0 Å². The Kier molecular flexibility index (Phi) is 12.0. The van der Waals surface area contributed by atoms with Gasteiger partial charge in [-0.15, -0.1) is 0 Å². The van der Waals surface area contributed by atoms with Crippen LogP contribution in [-0.4, -0.2) is 18.4 Å². The minimum Gasteiger partial charge on any atom is -0.466 e. The molecule has 0 spiro atoms. The molecule has 0 fully saturated rings. The van der Waals surface area contributed by atoms with Gasteiger partial charge < -0.3 is 4.74 Å². The van der Waals surface area contributed by atoms with E-state index in [0.717, 1.165) is 44.9 Å². The van der Waals surface area contributed by atoms with E-state index in [0.29, 0.717) is 31.7 Å². The summed E-state index contributed by atoms with van der Waals surface area (Å²) in [5, 5.41) is 0.